The number of nitrogens with zero attached hydrogens (tertiary/aromatic N) is 1. The molecule has 160 valence electrons. The van der Waals surface area contributed by atoms with Crippen molar-refractivity contribution < 1.29 is 0 Å². The fraction of sp³-hybridized carbons (Fsp3) is 1.00. The molecule has 4 aliphatic carbocycles. The van der Waals surface area contributed by atoms with Crippen LogP contribution in [0.15, 0.2) is 0 Å². The van der Waals surface area contributed by atoms with Crippen molar-refractivity contribution in [3.8, 4) is 0 Å². The summed E-state index contributed by atoms with van der Waals surface area (Å²) in [5.74, 6) is 5.97. The number of rotatable bonds is 10. The van der Waals surface area contributed by atoms with Crippen LogP contribution < -0.4 is 5.32 Å². The molecule has 28 heavy (non-hydrogen) atoms. The van der Waals surface area contributed by atoms with Gasteiger partial charge in [0.05, 0.1) is 5.37 Å². The van der Waals surface area contributed by atoms with Gasteiger partial charge in [0.25, 0.3) is 0 Å². The Kier molecular flexibility index (Phi) is 6.60. The molecule has 4 bridgehead atoms. The van der Waals surface area contributed by atoms with Crippen molar-refractivity contribution in [2.24, 2.45) is 17.8 Å². The van der Waals surface area contributed by atoms with E-state index in [1.165, 1.54) is 82.4 Å². The van der Waals surface area contributed by atoms with Crippen LogP contribution in [0, 0.1) is 17.8 Å². The lowest BCUT2D eigenvalue weighted by Crippen LogP contribution is -2.60. The number of nitrogens with one attached hydrogen (secondary N) is 1. The van der Waals surface area contributed by atoms with Crippen molar-refractivity contribution in [2.75, 3.05) is 24.6 Å². The van der Waals surface area contributed by atoms with Crippen molar-refractivity contribution in [2.45, 2.75) is 106 Å². The van der Waals surface area contributed by atoms with Crippen molar-refractivity contribution in [3.63, 3.8) is 0 Å². The number of hydrogen-bond donors (Lipinski definition) is 1. The smallest absolute Gasteiger partial charge is 0.0690 e. The summed E-state index contributed by atoms with van der Waals surface area (Å²) < 4.78 is 0. The maximum Gasteiger partial charge on any atom is 0.0690 e. The fourth-order valence-corrected chi connectivity index (χ4v) is 11.1. The Hall–Kier alpha value is 0.620. The van der Waals surface area contributed by atoms with Gasteiger partial charge in [-0.15, -0.1) is 11.8 Å². The van der Waals surface area contributed by atoms with E-state index in [1.54, 1.807) is 19.3 Å². The molecule has 0 amide bonds. The molecule has 2 nitrogen and oxygen atoms in total. The summed E-state index contributed by atoms with van der Waals surface area (Å²) in [4.78, 5) is 2.95. The predicted octanol–water partition coefficient (Wildman–Crippen LogP) is 5.76. The Morgan fingerprint density at radius 1 is 0.893 bits per heavy atom. The molecule has 2 heterocycles. The normalized spacial score (nSPS) is 44.5. The SMILES string of the molecule is CCCCCCCCN1C(CNC23CC4CC(CC(C4)C2)C3)SC2CSCC21. The van der Waals surface area contributed by atoms with E-state index in [1.807, 2.05) is 0 Å². The molecule has 0 radical (unpaired) electrons. The topological polar surface area (TPSA) is 15.3 Å². The van der Waals surface area contributed by atoms with Crippen LogP contribution in [0.25, 0.3) is 0 Å². The van der Waals surface area contributed by atoms with Gasteiger partial charge in [-0.1, -0.05) is 39.0 Å². The van der Waals surface area contributed by atoms with E-state index in [4.69, 9.17) is 0 Å². The maximum atomic E-state index is 4.24. The molecule has 6 aliphatic rings. The zero-order chi connectivity index (χ0) is 19.0. The highest BCUT2D eigenvalue weighted by Gasteiger charge is 2.51. The lowest BCUT2D eigenvalue weighted by molar-refractivity contribution is -0.0211. The van der Waals surface area contributed by atoms with E-state index < -0.39 is 0 Å². The average molecular weight is 423 g/mol. The number of hydrogen-bond acceptors (Lipinski definition) is 4. The highest BCUT2D eigenvalue weighted by Crippen LogP contribution is 2.55. The molecule has 0 spiro atoms. The van der Waals surface area contributed by atoms with Gasteiger partial charge in [-0.2, -0.15) is 11.8 Å². The quantitative estimate of drug-likeness (QED) is 0.450. The number of fused-ring (bicyclic) bond motifs is 1. The van der Waals surface area contributed by atoms with Gasteiger partial charge in [-0.3, -0.25) is 4.90 Å². The highest BCUT2D eigenvalue weighted by atomic mass is 32.2. The molecule has 0 aromatic rings. The molecule has 2 saturated heterocycles. The van der Waals surface area contributed by atoms with Crippen LogP contribution >= 0.6 is 23.5 Å². The molecule has 4 heteroatoms. The summed E-state index contributed by atoms with van der Waals surface area (Å²) >= 11 is 4.54. The van der Waals surface area contributed by atoms with Crippen molar-refractivity contribution in [1.29, 1.82) is 0 Å². The Morgan fingerprint density at radius 2 is 1.57 bits per heavy atom. The highest BCUT2D eigenvalue weighted by molar-refractivity contribution is 8.04. The van der Waals surface area contributed by atoms with Gasteiger partial charge in [0.15, 0.2) is 0 Å². The van der Waals surface area contributed by atoms with Gasteiger partial charge >= 0.3 is 0 Å². The van der Waals surface area contributed by atoms with Crippen LogP contribution in [0.4, 0.5) is 0 Å². The summed E-state index contributed by atoms with van der Waals surface area (Å²) in [6, 6.07) is 0.869. The third kappa shape index (κ3) is 4.32. The maximum absolute atomic E-state index is 4.24. The third-order valence-electron chi connectivity index (χ3n) is 8.59. The molecule has 3 unspecified atom stereocenters. The molecule has 2 aliphatic heterocycles. The molecule has 0 aromatic carbocycles. The minimum Gasteiger partial charge on any atom is -0.309 e. The lowest BCUT2D eigenvalue weighted by Gasteiger charge is -2.57. The van der Waals surface area contributed by atoms with Gasteiger partial charge in [0.2, 0.25) is 0 Å². The molecule has 6 fully saturated rings. The van der Waals surface area contributed by atoms with E-state index in [0.29, 0.717) is 5.54 Å². The van der Waals surface area contributed by atoms with E-state index in [2.05, 4.69) is 40.7 Å². The van der Waals surface area contributed by atoms with Gasteiger partial charge < -0.3 is 5.32 Å². The molecule has 3 atom stereocenters. The van der Waals surface area contributed by atoms with E-state index in [0.717, 1.165) is 34.4 Å². The largest absolute Gasteiger partial charge is 0.309 e. The number of unbranched alkanes of at least 4 members (excludes halogenated alkanes) is 5. The minimum atomic E-state index is 0.535. The van der Waals surface area contributed by atoms with E-state index in [9.17, 15) is 0 Å². The molecular weight excluding hydrogens is 380 g/mol. The zero-order valence-corrected chi connectivity index (χ0v) is 19.7. The van der Waals surface area contributed by atoms with Gasteiger partial charge in [-0.05, 0) is 69.2 Å². The summed E-state index contributed by atoms with van der Waals surface area (Å²) in [6.45, 7) is 4.93. The van der Waals surface area contributed by atoms with Crippen LogP contribution in [0.5, 0.6) is 0 Å². The van der Waals surface area contributed by atoms with Crippen LogP contribution in [0.2, 0.25) is 0 Å². The second kappa shape index (κ2) is 9.01. The monoisotopic (exact) mass is 422 g/mol. The van der Waals surface area contributed by atoms with Crippen LogP contribution in [0.3, 0.4) is 0 Å². The van der Waals surface area contributed by atoms with Crippen LogP contribution in [-0.4, -0.2) is 51.7 Å². The minimum absolute atomic E-state index is 0.535. The average Bonchev–Trinajstić information content (AvgIpc) is 3.24. The first-order valence-corrected chi connectivity index (χ1v) is 14.6. The molecule has 4 saturated carbocycles. The van der Waals surface area contributed by atoms with Crippen LogP contribution in [-0.2, 0) is 0 Å². The predicted molar refractivity (Wildman–Crippen MR) is 125 cm³/mol. The molecule has 1 N–H and O–H groups in total. The molecule has 6 rings (SSSR count). The Morgan fingerprint density at radius 3 is 2.29 bits per heavy atom. The first-order valence-electron chi connectivity index (χ1n) is 12.5. The van der Waals surface area contributed by atoms with Crippen molar-refractivity contribution in [1.82, 2.24) is 10.2 Å². The van der Waals surface area contributed by atoms with Crippen molar-refractivity contribution >= 4 is 23.5 Å². The molecular formula is C24H42N2S2. The second-order valence-corrected chi connectivity index (χ2v) is 13.3. The van der Waals surface area contributed by atoms with Gasteiger partial charge in [0, 0.05) is 34.9 Å². The summed E-state index contributed by atoms with van der Waals surface area (Å²) in [5, 5.41) is 5.90. The number of thioether (sulfide) groups is 2. The van der Waals surface area contributed by atoms with E-state index >= 15 is 0 Å². The third-order valence-corrected chi connectivity index (χ3v) is 11.6. The van der Waals surface area contributed by atoms with Gasteiger partial charge in [-0.25, -0.2) is 0 Å². The van der Waals surface area contributed by atoms with Crippen molar-refractivity contribution in [3.05, 3.63) is 0 Å². The first kappa shape index (κ1) is 20.5. The molecule has 0 aromatic heterocycles. The summed E-state index contributed by atoms with van der Waals surface area (Å²) in [7, 11) is 0. The van der Waals surface area contributed by atoms with Gasteiger partial charge in [0.1, 0.15) is 0 Å². The Balaban J connectivity index is 1.14. The first-order chi connectivity index (χ1) is 13.7. The van der Waals surface area contributed by atoms with Crippen LogP contribution in [0.1, 0.15) is 84.0 Å². The Bertz CT molecular complexity index is 489. The fourth-order valence-electron chi connectivity index (χ4n) is 7.64. The standard InChI is InChI=1S/C24H42N2S2/c1-2-3-4-5-6-7-8-26-21-16-27-17-22(21)28-23(26)15-25-24-12-18-9-19(13-24)11-20(10-18)14-24/h18-23,25H,2-17H2,1H3. The van der Waals surface area contributed by atoms with E-state index in [-0.39, 0.29) is 0 Å². The lowest BCUT2D eigenvalue weighted by atomic mass is 9.53. The summed E-state index contributed by atoms with van der Waals surface area (Å²) in [6.07, 6.45) is 17.7. The summed E-state index contributed by atoms with van der Waals surface area (Å²) in [5.41, 5.74) is 0.535. The second-order valence-electron chi connectivity index (χ2n) is 10.8. The zero-order valence-electron chi connectivity index (χ0n) is 18.0. The Labute approximate surface area is 182 Å².